The first kappa shape index (κ1) is 25.7. The van der Waals surface area contributed by atoms with E-state index >= 15 is 0 Å². The van der Waals surface area contributed by atoms with E-state index in [1.165, 1.54) is 24.3 Å². The van der Waals surface area contributed by atoms with Crippen molar-refractivity contribution >= 4 is 33.2 Å². The van der Waals surface area contributed by atoms with E-state index in [-0.39, 0.29) is 33.7 Å². The Bertz CT molecular complexity index is 1520. The minimum atomic E-state index is -3.91. The van der Waals surface area contributed by atoms with Gasteiger partial charge in [0.1, 0.15) is 0 Å². The third kappa shape index (κ3) is 6.23. The number of aryl methyl sites for hydroxylation is 1. The van der Waals surface area contributed by atoms with Gasteiger partial charge in [-0.05, 0) is 55.8 Å². The molecule has 0 aromatic heterocycles. The molecule has 0 unspecified atom stereocenters. The third-order valence-corrected chi connectivity index (χ3v) is 7.20. The summed E-state index contributed by atoms with van der Waals surface area (Å²) in [6, 6.07) is 28.7. The number of anilines is 2. The first-order valence-corrected chi connectivity index (χ1v) is 13.2. The van der Waals surface area contributed by atoms with Crippen molar-refractivity contribution in [2.75, 3.05) is 10.0 Å². The number of carbonyl (C=O) groups is 2. The number of hydrogen-bond acceptors (Lipinski definition) is 4. The second-order valence-electron chi connectivity index (χ2n) is 8.57. The standard InChI is InChI=1S/C29H27N3O4S/c1-20-16-18-23(19-17-20)37(35,36)32-27-15-9-7-13-25(27)29(34)31-26-14-8-6-12-24(26)28(33)30-21(2)22-10-4-3-5-11-22/h3-19,21,32H,1-2H3,(H,30,33)(H,31,34)/t21-/m1/s1. The first-order valence-electron chi connectivity index (χ1n) is 11.7. The van der Waals surface area contributed by atoms with Crippen molar-refractivity contribution in [1.82, 2.24) is 5.32 Å². The van der Waals surface area contributed by atoms with Crippen LogP contribution in [0.4, 0.5) is 11.4 Å². The molecule has 0 aliphatic rings. The van der Waals surface area contributed by atoms with Crippen molar-refractivity contribution in [2.24, 2.45) is 0 Å². The van der Waals surface area contributed by atoms with Gasteiger partial charge in [-0.15, -0.1) is 0 Å². The van der Waals surface area contributed by atoms with Crippen LogP contribution in [-0.2, 0) is 10.0 Å². The zero-order valence-electron chi connectivity index (χ0n) is 20.4. The number of hydrogen-bond donors (Lipinski definition) is 3. The van der Waals surface area contributed by atoms with E-state index in [1.807, 2.05) is 44.2 Å². The molecule has 37 heavy (non-hydrogen) atoms. The Kier molecular flexibility index (Phi) is 7.69. The fourth-order valence-corrected chi connectivity index (χ4v) is 4.85. The molecule has 0 radical (unpaired) electrons. The smallest absolute Gasteiger partial charge is 0.261 e. The van der Waals surface area contributed by atoms with Crippen LogP contribution >= 0.6 is 0 Å². The number of para-hydroxylation sites is 2. The Balaban J connectivity index is 1.54. The number of amides is 2. The van der Waals surface area contributed by atoms with Crippen LogP contribution in [0, 0.1) is 6.92 Å². The first-order chi connectivity index (χ1) is 17.7. The SMILES string of the molecule is Cc1ccc(S(=O)(=O)Nc2ccccc2C(=O)Nc2ccccc2C(=O)N[C@H](C)c2ccccc2)cc1. The molecule has 1 atom stereocenters. The molecule has 188 valence electrons. The summed E-state index contributed by atoms with van der Waals surface area (Å²) in [5.74, 6) is -0.904. The van der Waals surface area contributed by atoms with Crippen LogP contribution in [0.3, 0.4) is 0 Å². The highest BCUT2D eigenvalue weighted by molar-refractivity contribution is 7.92. The molecule has 0 saturated carbocycles. The van der Waals surface area contributed by atoms with Gasteiger partial charge >= 0.3 is 0 Å². The molecular weight excluding hydrogens is 486 g/mol. The molecule has 0 spiro atoms. The zero-order valence-corrected chi connectivity index (χ0v) is 21.3. The van der Waals surface area contributed by atoms with Gasteiger partial charge in [-0.25, -0.2) is 8.42 Å². The Hall–Kier alpha value is -4.43. The lowest BCUT2D eigenvalue weighted by Crippen LogP contribution is -2.28. The van der Waals surface area contributed by atoms with Crippen molar-refractivity contribution in [2.45, 2.75) is 24.8 Å². The Morgan fingerprint density at radius 3 is 1.86 bits per heavy atom. The number of rotatable bonds is 8. The average Bonchev–Trinajstić information content (AvgIpc) is 2.89. The van der Waals surface area contributed by atoms with Crippen LogP contribution in [0.5, 0.6) is 0 Å². The number of sulfonamides is 1. The van der Waals surface area contributed by atoms with Crippen molar-refractivity contribution in [3.05, 3.63) is 125 Å². The number of nitrogens with one attached hydrogen (secondary N) is 3. The van der Waals surface area contributed by atoms with Gasteiger partial charge in [-0.2, -0.15) is 0 Å². The molecule has 0 aliphatic heterocycles. The molecule has 0 aliphatic carbocycles. The maximum absolute atomic E-state index is 13.2. The van der Waals surface area contributed by atoms with Gasteiger partial charge in [-0.1, -0.05) is 72.3 Å². The molecule has 0 fully saturated rings. The highest BCUT2D eigenvalue weighted by Gasteiger charge is 2.21. The Labute approximate surface area is 216 Å². The van der Waals surface area contributed by atoms with Crippen molar-refractivity contribution in [1.29, 1.82) is 0 Å². The summed E-state index contributed by atoms with van der Waals surface area (Å²) in [4.78, 5) is 26.4. The Morgan fingerprint density at radius 2 is 1.22 bits per heavy atom. The van der Waals surface area contributed by atoms with Crippen LogP contribution in [-0.4, -0.2) is 20.2 Å². The van der Waals surface area contributed by atoms with E-state index < -0.39 is 15.9 Å². The van der Waals surface area contributed by atoms with E-state index in [4.69, 9.17) is 0 Å². The maximum Gasteiger partial charge on any atom is 0.261 e. The fourth-order valence-electron chi connectivity index (χ4n) is 3.77. The second-order valence-corrected chi connectivity index (χ2v) is 10.3. The molecule has 0 bridgehead atoms. The van der Waals surface area contributed by atoms with E-state index in [9.17, 15) is 18.0 Å². The molecule has 4 rings (SSSR count). The van der Waals surface area contributed by atoms with E-state index in [2.05, 4.69) is 15.4 Å². The highest BCUT2D eigenvalue weighted by atomic mass is 32.2. The monoisotopic (exact) mass is 513 g/mol. The molecule has 0 heterocycles. The fraction of sp³-hybridized carbons (Fsp3) is 0.103. The maximum atomic E-state index is 13.2. The van der Waals surface area contributed by atoms with Crippen molar-refractivity contribution < 1.29 is 18.0 Å². The van der Waals surface area contributed by atoms with Crippen LogP contribution < -0.4 is 15.4 Å². The largest absolute Gasteiger partial charge is 0.345 e. The zero-order chi connectivity index (χ0) is 26.4. The lowest BCUT2D eigenvalue weighted by atomic mass is 10.1. The summed E-state index contributed by atoms with van der Waals surface area (Å²) < 4.78 is 28.3. The van der Waals surface area contributed by atoms with E-state index in [0.717, 1.165) is 11.1 Å². The topological polar surface area (TPSA) is 104 Å². The molecule has 2 amide bonds. The summed E-state index contributed by atoms with van der Waals surface area (Å²) in [6.07, 6.45) is 0. The van der Waals surface area contributed by atoms with Crippen LogP contribution in [0.2, 0.25) is 0 Å². The summed E-state index contributed by atoms with van der Waals surface area (Å²) in [5.41, 5.74) is 2.72. The molecule has 3 N–H and O–H groups in total. The van der Waals surface area contributed by atoms with Crippen LogP contribution in [0.25, 0.3) is 0 Å². The summed E-state index contributed by atoms with van der Waals surface area (Å²) >= 11 is 0. The van der Waals surface area contributed by atoms with Crippen LogP contribution in [0.1, 0.15) is 44.8 Å². The van der Waals surface area contributed by atoms with E-state index in [0.29, 0.717) is 5.69 Å². The predicted molar refractivity (Wildman–Crippen MR) is 145 cm³/mol. The van der Waals surface area contributed by atoms with Gasteiger partial charge < -0.3 is 10.6 Å². The Morgan fingerprint density at radius 1 is 0.676 bits per heavy atom. The second kappa shape index (κ2) is 11.1. The van der Waals surface area contributed by atoms with Gasteiger partial charge in [0.05, 0.1) is 33.4 Å². The highest BCUT2D eigenvalue weighted by Crippen LogP contribution is 2.23. The van der Waals surface area contributed by atoms with Gasteiger partial charge in [0.2, 0.25) is 0 Å². The van der Waals surface area contributed by atoms with Gasteiger partial charge in [0.25, 0.3) is 21.8 Å². The quantitative estimate of drug-likeness (QED) is 0.288. The molecule has 0 saturated heterocycles. The normalized spacial score (nSPS) is 11.8. The lowest BCUT2D eigenvalue weighted by molar-refractivity contribution is 0.0940. The van der Waals surface area contributed by atoms with Crippen molar-refractivity contribution in [3.8, 4) is 0 Å². The predicted octanol–water partition coefficient (Wildman–Crippen LogP) is 5.54. The minimum absolute atomic E-state index is 0.0860. The molecule has 4 aromatic carbocycles. The van der Waals surface area contributed by atoms with E-state index in [1.54, 1.807) is 48.5 Å². The molecular formula is C29H27N3O4S. The molecule has 8 heteroatoms. The number of benzene rings is 4. The van der Waals surface area contributed by atoms with Gasteiger partial charge in [-0.3, -0.25) is 14.3 Å². The number of carbonyl (C=O) groups excluding carboxylic acids is 2. The minimum Gasteiger partial charge on any atom is -0.345 e. The molecule has 4 aromatic rings. The summed E-state index contributed by atoms with van der Waals surface area (Å²) in [6.45, 7) is 3.74. The van der Waals surface area contributed by atoms with Crippen molar-refractivity contribution in [3.63, 3.8) is 0 Å². The van der Waals surface area contributed by atoms with Gasteiger partial charge in [0.15, 0.2) is 0 Å². The summed E-state index contributed by atoms with van der Waals surface area (Å²) in [7, 11) is -3.91. The van der Waals surface area contributed by atoms with Crippen LogP contribution in [0.15, 0.2) is 108 Å². The molecule has 7 nitrogen and oxygen atoms in total. The summed E-state index contributed by atoms with van der Waals surface area (Å²) in [5, 5.41) is 5.71. The third-order valence-electron chi connectivity index (χ3n) is 5.81. The average molecular weight is 514 g/mol. The lowest BCUT2D eigenvalue weighted by Gasteiger charge is -2.17. The van der Waals surface area contributed by atoms with Gasteiger partial charge in [0, 0.05) is 0 Å².